The van der Waals surface area contributed by atoms with Crippen molar-refractivity contribution in [1.29, 1.82) is 0 Å². The van der Waals surface area contributed by atoms with Crippen molar-refractivity contribution >= 4 is 0 Å². The monoisotopic (exact) mass is 224 g/mol. The summed E-state index contributed by atoms with van der Waals surface area (Å²) in [6.45, 7) is 13.5. The minimum Gasteiger partial charge on any atom is -0.312 e. The topological polar surface area (TPSA) is 15.3 Å². The lowest BCUT2D eigenvalue weighted by atomic mass is 9.82. The average molecular weight is 224 g/mol. The lowest BCUT2D eigenvalue weighted by molar-refractivity contribution is 0.0555. The molecule has 1 fully saturated rings. The van der Waals surface area contributed by atoms with Gasteiger partial charge in [0, 0.05) is 11.6 Å². The van der Waals surface area contributed by atoms with Gasteiger partial charge in [0.15, 0.2) is 0 Å². The molecule has 2 atom stereocenters. The van der Waals surface area contributed by atoms with E-state index in [2.05, 4.69) is 44.6 Å². The Morgan fingerprint density at radius 1 is 1.38 bits per heavy atom. The van der Waals surface area contributed by atoms with Crippen molar-refractivity contribution < 1.29 is 0 Å². The van der Waals surface area contributed by atoms with Gasteiger partial charge < -0.3 is 5.32 Å². The van der Waals surface area contributed by atoms with Crippen LogP contribution in [-0.2, 0) is 0 Å². The third kappa shape index (κ3) is 2.67. The van der Waals surface area contributed by atoms with E-state index < -0.39 is 0 Å². The highest BCUT2D eigenvalue weighted by Crippen LogP contribution is 2.29. The van der Waals surface area contributed by atoms with Crippen LogP contribution in [0, 0.1) is 0 Å². The second-order valence-electron chi connectivity index (χ2n) is 5.33. The Hall–Kier alpha value is -0.340. The summed E-state index contributed by atoms with van der Waals surface area (Å²) in [5.41, 5.74) is 1.47. The van der Waals surface area contributed by atoms with E-state index in [-0.39, 0.29) is 5.54 Å². The molecule has 0 aromatic carbocycles. The van der Waals surface area contributed by atoms with Crippen molar-refractivity contribution in [1.82, 2.24) is 10.2 Å². The van der Waals surface area contributed by atoms with Gasteiger partial charge >= 0.3 is 0 Å². The average Bonchev–Trinajstić information content (AvgIpc) is 2.30. The first-order valence-corrected chi connectivity index (χ1v) is 6.64. The molecule has 1 N–H and O–H groups in total. The largest absolute Gasteiger partial charge is 0.312 e. The van der Waals surface area contributed by atoms with Crippen molar-refractivity contribution in [2.75, 3.05) is 20.1 Å². The smallest absolute Gasteiger partial charge is 0.0455 e. The van der Waals surface area contributed by atoms with Gasteiger partial charge in [-0.15, -0.1) is 0 Å². The van der Waals surface area contributed by atoms with Gasteiger partial charge in [-0.3, -0.25) is 4.90 Å². The van der Waals surface area contributed by atoms with Gasteiger partial charge in [0.1, 0.15) is 0 Å². The van der Waals surface area contributed by atoms with Gasteiger partial charge in [0.25, 0.3) is 0 Å². The predicted molar refractivity (Wildman–Crippen MR) is 71.8 cm³/mol. The minimum absolute atomic E-state index is 0.223. The van der Waals surface area contributed by atoms with E-state index in [0.29, 0.717) is 6.04 Å². The molecular weight excluding hydrogens is 196 g/mol. The number of nitrogens with zero attached hydrogens (tertiary/aromatic N) is 1. The molecule has 0 aliphatic carbocycles. The first-order valence-electron chi connectivity index (χ1n) is 6.64. The Morgan fingerprint density at radius 3 is 2.31 bits per heavy atom. The molecule has 1 aliphatic heterocycles. The maximum atomic E-state index is 4.15. The first-order chi connectivity index (χ1) is 7.56. The summed E-state index contributed by atoms with van der Waals surface area (Å²) < 4.78 is 0. The van der Waals surface area contributed by atoms with E-state index in [4.69, 9.17) is 0 Å². The number of nitrogens with one attached hydrogen (secondary N) is 1. The molecule has 0 aromatic heterocycles. The molecule has 2 heteroatoms. The van der Waals surface area contributed by atoms with Crippen LogP contribution in [0.2, 0.25) is 0 Å². The summed E-state index contributed by atoms with van der Waals surface area (Å²) in [5.74, 6) is 0. The number of piperidine rings is 1. The summed E-state index contributed by atoms with van der Waals surface area (Å²) >= 11 is 0. The fourth-order valence-corrected chi connectivity index (χ4v) is 3.10. The van der Waals surface area contributed by atoms with Crippen LogP contribution >= 0.6 is 0 Å². The predicted octanol–water partition coefficient (Wildman–Crippen LogP) is 2.81. The Labute approximate surface area is 101 Å². The molecule has 0 bridgehead atoms. The van der Waals surface area contributed by atoms with Crippen molar-refractivity contribution in [2.24, 2.45) is 0 Å². The zero-order chi connectivity index (χ0) is 12.2. The van der Waals surface area contributed by atoms with Crippen molar-refractivity contribution in [3.63, 3.8) is 0 Å². The Kier molecular flexibility index (Phi) is 5.00. The van der Waals surface area contributed by atoms with Crippen LogP contribution in [0.25, 0.3) is 0 Å². The van der Waals surface area contributed by atoms with Crippen LogP contribution in [0.4, 0.5) is 0 Å². The van der Waals surface area contributed by atoms with Gasteiger partial charge in [0.05, 0.1) is 0 Å². The quantitative estimate of drug-likeness (QED) is 0.722. The van der Waals surface area contributed by atoms with Gasteiger partial charge in [-0.2, -0.15) is 0 Å². The third-order valence-corrected chi connectivity index (χ3v) is 4.20. The fourth-order valence-electron chi connectivity index (χ4n) is 3.10. The molecule has 0 amide bonds. The van der Waals surface area contributed by atoms with Crippen LogP contribution in [0.5, 0.6) is 0 Å². The number of rotatable bonds is 5. The van der Waals surface area contributed by atoms with Crippen LogP contribution in [0.15, 0.2) is 12.2 Å². The maximum absolute atomic E-state index is 4.15. The Balaban J connectivity index is 2.84. The Morgan fingerprint density at radius 2 is 1.94 bits per heavy atom. The second kappa shape index (κ2) is 5.83. The molecule has 1 aliphatic rings. The molecule has 1 heterocycles. The van der Waals surface area contributed by atoms with E-state index in [9.17, 15) is 0 Å². The van der Waals surface area contributed by atoms with Crippen LogP contribution in [-0.4, -0.2) is 36.6 Å². The van der Waals surface area contributed by atoms with Crippen molar-refractivity contribution in [3.8, 4) is 0 Å². The summed E-state index contributed by atoms with van der Waals surface area (Å²) in [5, 5.41) is 3.45. The number of hydrogen-bond acceptors (Lipinski definition) is 2. The highest BCUT2D eigenvalue weighted by molar-refractivity contribution is 5.13. The standard InChI is InChI=1S/C14H28N2/c1-6-14(4,13(15-5)12(2)3)16-10-8-7-9-11-16/h13,15H,2,6-11H2,1,3-5H3. The van der Waals surface area contributed by atoms with Crippen LogP contribution < -0.4 is 5.32 Å². The normalized spacial score (nSPS) is 23.8. The van der Waals surface area contributed by atoms with E-state index in [1.54, 1.807) is 0 Å². The molecule has 2 unspecified atom stereocenters. The summed E-state index contributed by atoms with van der Waals surface area (Å²) in [7, 11) is 2.05. The highest BCUT2D eigenvalue weighted by atomic mass is 15.2. The second-order valence-corrected chi connectivity index (χ2v) is 5.33. The van der Waals surface area contributed by atoms with Gasteiger partial charge in [-0.25, -0.2) is 0 Å². The van der Waals surface area contributed by atoms with E-state index in [1.165, 1.54) is 44.3 Å². The fraction of sp³-hybridized carbons (Fsp3) is 0.857. The molecule has 0 aromatic rings. The molecular formula is C14H28N2. The zero-order valence-electron chi connectivity index (χ0n) is 11.5. The SMILES string of the molecule is C=C(C)C(NC)C(C)(CC)N1CCCCC1. The summed E-state index contributed by atoms with van der Waals surface area (Å²) in [4.78, 5) is 2.66. The van der Waals surface area contributed by atoms with Gasteiger partial charge in [-0.05, 0) is 53.2 Å². The molecule has 0 saturated carbocycles. The molecule has 2 nitrogen and oxygen atoms in total. The Bertz CT molecular complexity index is 231. The van der Waals surface area contributed by atoms with Crippen LogP contribution in [0.1, 0.15) is 46.5 Å². The minimum atomic E-state index is 0.223. The summed E-state index contributed by atoms with van der Waals surface area (Å²) in [6.07, 6.45) is 5.27. The maximum Gasteiger partial charge on any atom is 0.0455 e. The molecule has 1 rings (SSSR count). The number of hydrogen-bond donors (Lipinski definition) is 1. The van der Waals surface area contributed by atoms with Crippen molar-refractivity contribution in [2.45, 2.75) is 58.0 Å². The third-order valence-electron chi connectivity index (χ3n) is 4.20. The molecule has 0 radical (unpaired) electrons. The first kappa shape index (κ1) is 13.7. The summed E-state index contributed by atoms with van der Waals surface area (Å²) in [6, 6.07) is 0.399. The molecule has 0 spiro atoms. The van der Waals surface area contributed by atoms with Gasteiger partial charge in [-0.1, -0.05) is 25.5 Å². The van der Waals surface area contributed by atoms with Crippen molar-refractivity contribution in [3.05, 3.63) is 12.2 Å². The highest BCUT2D eigenvalue weighted by Gasteiger charge is 2.38. The molecule has 1 saturated heterocycles. The number of likely N-dealkylation sites (N-methyl/N-ethyl adjacent to an activating group) is 1. The molecule has 94 valence electrons. The van der Waals surface area contributed by atoms with Gasteiger partial charge in [0.2, 0.25) is 0 Å². The van der Waals surface area contributed by atoms with E-state index in [0.717, 1.165) is 0 Å². The van der Waals surface area contributed by atoms with E-state index >= 15 is 0 Å². The van der Waals surface area contributed by atoms with Crippen LogP contribution in [0.3, 0.4) is 0 Å². The lowest BCUT2D eigenvalue weighted by Gasteiger charge is -2.48. The molecule has 16 heavy (non-hydrogen) atoms. The lowest BCUT2D eigenvalue weighted by Crippen LogP contribution is -2.60. The van der Waals surface area contributed by atoms with E-state index in [1.807, 2.05) is 0 Å². The zero-order valence-corrected chi connectivity index (χ0v) is 11.5. The number of likely N-dealkylation sites (tertiary alicyclic amines) is 1.